The predicted octanol–water partition coefficient (Wildman–Crippen LogP) is 7.08. The van der Waals surface area contributed by atoms with E-state index in [4.69, 9.17) is 40.9 Å². The number of nitrogens with zero attached hydrogens (tertiary/aromatic N) is 1. The molecule has 0 saturated heterocycles. The van der Waals surface area contributed by atoms with Gasteiger partial charge in [0.2, 0.25) is 0 Å². The molecule has 5 nitrogen and oxygen atoms in total. The van der Waals surface area contributed by atoms with E-state index in [0.29, 0.717) is 12.0 Å². The number of ether oxygens (including phenoxy) is 1. The highest BCUT2D eigenvalue weighted by atomic mass is 35.5. The molecule has 0 radical (unpaired) electrons. The van der Waals surface area contributed by atoms with Gasteiger partial charge in [-0.3, -0.25) is 0 Å². The second-order valence-corrected chi connectivity index (χ2v) is 11.6. The molecular weight excluding hydrogens is 550 g/mol. The van der Waals surface area contributed by atoms with Crippen molar-refractivity contribution in [1.29, 1.82) is 0 Å². The minimum Gasteiger partial charge on any atom is -0.741 e. The number of hydrogen-bond donors (Lipinski definition) is 0. The summed E-state index contributed by atoms with van der Waals surface area (Å²) in [5.74, 6) is 1.40. The largest absolute Gasteiger partial charge is 0.741 e. The third-order valence-electron chi connectivity index (χ3n) is 6.75. The first kappa shape index (κ1) is 29.5. The number of allylic oxidation sites excluding steroid dienone is 1. The average Bonchev–Trinajstić information content (AvgIpc) is 3.24. The van der Waals surface area contributed by atoms with Crippen LogP contribution in [0.5, 0.6) is 0 Å². The lowest BCUT2D eigenvalue weighted by Gasteiger charge is -2.38. The van der Waals surface area contributed by atoms with Gasteiger partial charge in [0.1, 0.15) is 0 Å². The summed E-state index contributed by atoms with van der Waals surface area (Å²) in [6.07, 6.45) is 4.93. The molecule has 0 aliphatic carbocycles. The molecule has 2 aliphatic rings. The summed E-state index contributed by atoms with van der Waals surface area (Å²) in [6, 6.07) is 17.2. The molecule has 0 N–H and O–H groups in total. The molecule has 4 atom stereocenters. The average molecular weight is 578 g/mol. The standard InChI is InChI=1S/C25H28Cl2NO.CHF3O3S/c1-4-13-25(3)15-22(18-7-6-8-20(27)14-18)23(17-9-11-19(26)12-10-17)28-21(5-2)16-29-24(25)28;2-1(3,4)8(5,6)7/h4,6-12,14,21-23H,1,5,13,15-16H2,2-3H3;(H,5,6,7)/q+1;/p-1/t21-,22+,23+,25-;/m0./s1. The van der Waals surface area contributed by atoms with E-state index < -0.39 is 15.6 Å². The number of halogens is 5. The van der Waals surface area contributed by atoms with E-state index in [2.05, 4.69) is 55.3 Å². The Morgan fingerprint density at radius 2 is 1.78 bits per heavy atom. The summed E-state index contributed by atoms with van der Waals surface area (Å²) < 4.78 is 67.8. The van der Waals surface area contributed by atoms with E-state index in [0.717, 1.165) is 41.8 Å². The van der Waals surface area contributed by atoms with Gasteiger partial charge in [0.15, 0.2) is 28.8 Å². The van der Waals surface area contributed by atoms with Crippen LogP contribution in [0.25, 0.3) is 0 Å². The van der Waals surface area contributed by atoms with E-state index >= 15 is 0 Å². The molecule has 2 aromatic rings. The Kier molecular flexibility index (Phi) is 9.05. The van der Waals surface area contributed by atoms with Gasteiger partial charge in [0.25, 0.3) is 0 Å². The van der Waals surface area contributed by atoms with Crippen LogP contribution in [0.4, 0.5) is 13.2 Å². The summed E-state index contributed by atoms with van der Waals surface area (Å²) in [5, 5.41) is 1.54. The van der Waals surface area contributed by atoms with Crippen LogP contribution in [0.3, 0.4) is 0 Å². The smallest absolute Gasteiger partial charge is 0.485 e. The van der Waals surface area contributed by atoms with Crippen LogP contribution in [-0.4, -0.2) is 41.6 Å². The maximum Gasteiger partial charge on any atom is 0.485 e. The summed E-state index contributed by atoms with van der Waals surface area (Å²) in [7, 11) is -6.09. The molecule has 2 aliphatic heterocycles. The lowest BCUT2D eigenvalue weighted by Crippen LogP contribution is -2.45. The fraction of sp³-hybridized carbons (Fsp3) is 0.423. The van der Waals surface area contributed by atoms with Gasteiger partial charge in [-0.1, -0.05) is 60.5 Å². The van der Waals surface area contributed by atoms with E-state index in [1.54, 1.807) is 0 Å². The van der Waals surface area contributed by atoms with Crippen LogP contribution in [0.2, 0.25) is 10.0 Å². The van der Waals surface area contributed by atoms with Crippen molar-refractivity contribution in [3.05, 3.63) is 82.4 Å². The van der Waals surface area contributed by atoms with E-state index in [1.807, 2.05) is 24.3 Å². The Bertz CT molecular complexity index is 1270. The normalized spacial score (nSPS) is 25.6. The zero-order chi connectivity index (χ0) is 27.6. The predicted molar refractivity (Wildman–Crippen MR) is 137 cm³/mol. The fourth-order valence-electron chi connectivity index (χ4n) is 5.11. The summed E-state index contributed by atoms with van der Waals surface area (Å²) in [5.41, 5.74) is -3.19. The molecule has 0 fully saturated rings. The number of rotatable bonds is 5. The fourth-order valence-corrected chi connectivity index (χ4v) is 5.43. The molecule has 0 spiro atoms. The first-order valence-corrected chi connectivity index (χ1v) is 13.8. The molecule has 0 unspecified atom stereocenters. The summed E-state index contributed by atoms with van der Waals surface area (Å²) in [6.45, 7) is 9.32. The Balaban J connectivity index is 0.000000414. The molecule has 0 amide bonds. The van der Waals surface area contributed by atoms with Crippen molar-refractivity contribution < 1.29 is 35.5 Å². The molecule has 2 aromatic carbocycles. The molecule has 0 bridgehead atoms. The van der Waals surface area contributed by atoms with Crippen LogP contribution in [-0.2, 0) is 14.9 Å². The van der Waals surface area contributed by atoms with Crippen molar-refractivity contribution in [3.63, 3.8) is 0 Å². The van der Waals surface area contributed by atoms with Crippen LogP contribution in [0.15, 0.2) is 61.2 Å². The van der Waals surface area contributed by atoms with Crippen molar-refractivity contribution in [3.8, 4) is 0 Å². The van der Waals surface area contributed by atoms with Gasteiger partial charge in [0, 0.05) is 22.0 Å². The van der Waals surface area contributed by atoms with Crippen molar-refractivity contribution in [2.45, 2.75) is 56.6 Å². The first-order valence-electron chi connectivity index (χ1n) is 11.6. The van der Waals surface area contributed by atoms with Crippen LogP contribution in [0, 0.1) is 5.41 Å². The quantitative estimate of drug-likeness (QED) is 0.165. The SMILES string of the molecule is C=CC[C@@]1(C)C[C@H](c2cccc(Cl)c2)[C@@H](c2ccc(Cl)cc2)[N+]2=C1OC[C@@H]2CC.O=S(=O)([O-])C(F)(F)F. The Morgan fingerprint density at radius 3 is 2.30 bits per heavy atom. The highest BCUT2D eigenvalue weighted by Crippen LogP contribution is 2.51. The Hall–Kier alpha value is -2.07. The van der Waals surface area contributed by atoms with E-state index in [9.17, 15) is 13.2 Å². The third kappa shape index (κ3) is 6.50. The van der Waals surface area contributed by atoms with Gasteiger partial charge in [-0.25, -0.2) is 8.42 Å². The topological polar surface area (TPSA) is 69.4 Å². The Labute approximate surface area is 225 Å². The molecule has 0 saturated carbocycles. The van der Waals surface area contributed by atoms with E-state index in [-0.39, 0.29) is 11.5 Å². The monoisotopic (exact) mass is 577 g/mol. The lowest BCUT2D eigenvalue weighted by molar-refractivity contribution is -0.610. The van der Waals surface area contributed by atoms with E-state index in [1.165, 1.54) is 11.1 Å². The number of alkyl halides is 3. The molecule has 11 heteroatoms. The van der Waals surface area contributed by atoms with Crippen molar-refractivity contribution in [1.82, 2.24) is 0 Å². The molecule has 4 rings (SSSR count). The van der Waals surface area contributed by atoms with Crippen LogP contribution in [0.1, 0.15) is 56.2 Å². The summed E-state index contributed by atoms with van der Waals surface area (Å²) >= 11 is 12.6. The molecule has 2 heterocycles. The zero-order valence-electron chi connectivity index (χ0n) is 20.3. The maximum absolute atomic E-state index is 10.7. The molecule has 37 heavy (non-hydrogen) atoms. The molecular formula is C26H28Cl2F3NO4S. The minimum absolute atomic E-state index is 0.0818. The number of hydrogen-bond acceptors (Lipinski definition) is 4. The second-order valence-electron chi connectivity index (χ2n) is 9.40. The highest BCUT2D eigenvalue weighted by molar-refractivity contribution is 7.86. The second kappa shape index (κ2) is 11.4. The van der Waals surface area contributed by atoms with Gasteiger partial charge in [0.05, 0.1) is 11.3 Å². The summed E-state index contributed by atoms with van der Waals surface area (Å²) in [4.78, 5) is 0. The van der Waals surface area contributed by atoms with Gasteiger partial charge in [-0.05, 0) is 49.6 Å². The maximum atomic E-state index is 10.7. The molecule has 0 aromatic heterocycles. The lowest BCUT2D eigenvalue weighted by atomic mass is 9.69. The minimum atomic E-state index is -6.09. The first-order chi connectivity index (χ1) is 17.2. The van der Waals surface area contributed by atoms with Gasteiger partial charge < -0.3 is 9.29 Å². The van der Waals surface area contributed by atoms with Crippen LogP contribution < -0.4 is 0 Å². The molecule has 202 valence electrons. The van der Waals surface area contributed by atoms with Gasteiger partial charge >= 0.3 is 11.4 Å². The zero-order valence-corrected chi connectivity index (χ0v) is 22.7. The van der Waals surface area contributed by atoms with Crippen molar-refractivity contribution in [2.24, 2.45) is 5.41 Å². The number of benzene rings is 2. The highest BCUT2D eigenvalue weighted by Gasteiger charge is 2.56. The van der Waals surface area contributed by atoms with Crippen molar-refractivity contribution >= 4 is 39.2 Å². The van der Waals surface area contributed by atoms with Gasteiger partial charge in [-0.2, -0.15) is 17.7 Å². The third-order valence-corrected chi connectivity index (χ3v) is 7.80. The van der Waals surface area contributed by atoms with Crippen molar-refractivity contribution in [2.75, 3.05) is 6.61 Å². The Morgan fingerprint density at radius 1 is 1.16 bits per heavy atom. The van der Waals surface area contributed by atoms with Crippen LogP contribution >= 0.6 is 23.2 Å². The van der Waals surface area contributed by atoms with Gasteiger partial charge in [-0.15, -0.1) is 6.58 Å².